The highest BCUT2D eigenvalue weighted by molar-refractivity contribution is 5.20. The molecule has 0 radical (unpaired) electrons. The third-order valence-corrected chi connectivity index (χ3v) is 3.62. The molecule has 0 saturated carbocycles. The van der Waals surface area contributed by atoms with Gasteiger partial charge in [-0.25, -0.2) is 8.78 Å². The van der Waals surface area contributed by atoms with E-state index in [1.165, 1.54) is 0 Å². The van der Waals surface area contributed by atoms with Gasteiger partial charge in [-0.3, -0.25) is 0 Å². The topological polar surface area (TPSA) is 43.7 Å². The summed E-state index contributed by atoms with van der Waals surface area (Å²) in [6.07, 6.45) is 0.528. The minimum absolute atomic E-state index is 0.189. The van der Waals surface area contributed by atoms with E-state index >= 15 is 0 Å². The Morgan fingerprint density at radius 1 is 1.26 bits per heavy atom. The van der Waals surface area contributed by atoms with Crippen molar-refractivity contribution in [2.45, 2.75) is 18.9 Å². The van der Waals surface area contributed by atoms with Crippen LogP contribution in [0.5, 0.6) is 0 Å². The molecule has 0 amide bonds. The Balaban J connectivity index is 1.85. The highest BCUT2D eigenvalue weighted by Gasteiger charge is 2.22. The average molecular weight is 271 g/mol. The van der Waals surface area contributed by atoms with Crippen molar-refractivity contribution < 1.29 is 19.0 Å². The molecule has 106 valence electrons. The van der Waals surface area contributed by atoms with Gasteiger partial charge < -0.3 is 15.1 Å². The Labute approximate surface area is 111 Å². The van der Waals surface area contributed by atoms with Crippen molar-refractivity contribution in [2.75, 3.05) is 26.2 Å². The lowest BCUT2D eigenvalue weighted by molar-refractivity contribution is 0.145. The van der Waals surface area contributed by atoms with Crippen molar-refractivity contribution in [1.29, 1.82) is 0 Å². The Bertz CT molecular complexity index is 408. The predicted octanol–water partition coefficient (Wildman–Crippen LogP) is 1.70. The number of halogens is 2. The molecule has 1 aliphatic heterocycles. The molecule has 3 nitrogen and oxygen atoms in total. The minimum atomic E-state index is -0.863. The van der Waals surface area contributed by atoms with Gasteiger partial charge in [0.15, 0.2) is 0 Å². The molecule has 1 heterocycles. The van der Waals surface area contributed by atoms with E-state index in [-0.39, 0.29) is 12.2 Å². The maximum Gasteiger partial charge on any atom is 0.126 e. The van der Waals surface area contributed by atoms with Crippen molar-refractivity contribution in [2.24, 2.45) is 5.92 Å². The van der Waals surface area contributed by atoms with Gasteiger partial charge in [-0.15, -0.1) is 0 Å². The number of nitrogens with zero attached hydrogens (tertiary/aromatic N) is 1. The lowest BCUT2D eigenvalue weighted by Crippen LogP contribution is -2.24. The largest absolute Gasteiger partial charge is 0.396 e. The van der Waals surface area contributed by atoms with E-state index in [1.54, 1.807) is 0 Å². The van der Waals surface area contributed by atoms with Crippen molar-refractivity contribution >= 4 is 0 Å². The van der Waals surface area contributed by atoms with Gasteiger partial charge in [0.2, 0.25) is 0 Å². The second-order valence-corrected chi connectivity index (χ2v) is 5.15. The summed E-state index contributed by atoms with van der Waals surface area (Å²) in [5, 5.41) is 19.0. The van der Waals surface area contributed by atoms with Crippen LogP contribution >= 0.6 is 0 Å². The molecule has 2 rings (SSSR count). The fraction of sp³-hybridized carbons (Fsp3) is 0.571. The van der Waals surface area contributed by atoms with E-state index in [1.807, 2.05) is 0 Å². The van der Waals surface area contributed by atoms with E-state index in [0.717, 1.165) is 37.7 Å². The zero-order valence-electron chi connectivity index (χ0n) is 10.7. The lowest BCUT2D eigenvalue weighted by Gasteiger charge is -2.18. The summed E-state index contributed by atoms with van der Waals surface area (Å²) in [5.41, 5.74) is 0.274. The van der Waals surface area contributed by atoms with E-state index in [2.05, 4.69) is 4.90 Å². The second kappa shape index (κ2) is 6.41. The van der Waals surface area contributed by atoms with E-state index in [4.69, 9.17) is 5.11 Å². The van der Waals surface area contributed by atoms with Crippen LogP contribution in [-0.2, 0) is 0 Å². The number of aliphatic hydroxyl groups is 2. The van der Waals surface area contributed by atoms with Gasteiger partial charge in [0.25, 0.3) is 0 Å². The summed E-state index contributed by atoms with van der Waals surface area (Å²) in [5.74, 6) is -1.03. The zero-order valence-corrected chi connectivity index (χ0v) is 10.7. The van der Waals surface area contributed by atoms with Gasteiger partial charge in [-0.2, -0.15) is 0 Å². The molecular formula is C14H19F2NO2. The van der Waals surface area contributed by atoms with Crippen LogP contribution in [0.25, 0.3) is 0 Å². The van der Waals surface area contributed by atoms with E-state index in [0.29, 0.717) is 18.9 Å². The van der Waals surface area contributed by atoms with Crippen LogP contribution in [0.2, 0.25) is 0 Å². The first-order valence-electron chi connectivity index (χ1n) is 6.55. The molecule has 1 aliphatic rings. The summed E-state index contributed by atoms with van der Waals surface area (Å²) in [6, 6.07) is 3.12. The molecular weight excluding hydrogens is 252 g/mol. The van der Waals surface area contributed by atoms with Gasteiger partial charge in [-0.1, -0.05) is 0 Å². The van der Waals surface area contributed by atoms with Gasteiger partial charge in [0.05, 0.1) is 6.10 Å². The van der Waals surface area contributed by atoms with Gasteiger partial charge >= 0.3 is 0 Å². The minimum Gasteiger partial charge on any atom is -0.396 e. The predicted molar refractivity (Wildman–Crippen MR) is 67.6 cm³/mol. The fourth-order valence-corrected chi connectivity index (χ4v) is 2.50. The molecule has 2 unspecified atom stereocenters. The van der Waals surface area contributed by atoms with Gasteiger partial charge in [0, 0.05) is 25.8 Å². The molecule has 0 aliphatic carbocycles. The molecule has 2 atom stereocenters. The van der Waals surface area contributed by atoms with Crippen LogP contribution in [-0.4, -0.2) is 41.4 Å². The van der Waals surface area contributed by atoms with Gasteiger partial charge in [0.1, 0.15) is 11.6 Å². The summed E-state index contributed by atoms with van der Waals surface area (Å²) in [6.45, 7) is 2.57. The van der Waals surface area contributed by atoms with E-state index < -0.39 is 17.7 Å². The van der Waals surface area contributed by atoms with Crippen molar-refractivity contribution in [1.82, 2.24) is 4.90 Å². The van der Waals surface area contributed by atoms with Crippen molar-refractivity contribution in [3.8, 4) is 0 Å². The molecule has 0 spiro atoms. The highest BCUT2D eigenvalue weighted by Crippen LogP contribution is 2.22. The third kappa shape index (κ3) is 3.96. The van der Waals surface area contributed by atoms with Crippen LogP contribution in [0, 0.1) is 17.6 Å². The quantitative estimate of drug-likeness (QED) is 0.856. The highest BCUT2D eigenvalue weighted by atomic mass is 19.1. The first-order chi connectivity index (χ1) is 9.08. The molecule has 1 saturated heterocycles. The molecule has 1 aromatic carbocycles. The summed E-state index contributed by atoms with van der Waals surface area (Å²) in [4.78, 5) is 2.15. The van der Waals surface area contributed by atoms with Crippen LogP contribution in [0.4, 0.5) is 8.78 Å². The Morgan fingerprint density at radius 2 is 1.95 bits per heavy atom. The summed E-state index contributed by atoms with van der Waals surface area (Å²) < 4.78 is 26.1. The van der Waals surface area contributed by atoms with Crippen LogP contribution in [0.3, 0.4) is 0 Å². The fourth-order valence-electron chi connectivity index (χ4n) is 2.50. The van der Waals surface area contributed by atoms with Crippen molar-refractivity contribution in [3.05, 3.63) is 35.4 Å². The van der Waals surface area contributed by atoms with Crippen LogP contribution in [0.1, 0.15) is 24.5 Å². The van der Waals surface area contributed by atoms with E-state index in [9.17, 15) is 13.9 Å². The number of hydrogen-bond acceptors (Lipinski definition) is 3. The number of likely N-dealkylation sites (tertiary alicyclic amines) is 1. The molecule has 0 bridgehead atoms. The van der Waals surface area contributed by atoms with Gasteiger partial charge in [-0.05, 0) is 43.0 Å². The van der Waals surface area contributed by atoms with Crippen LogP contribution < -0.4 is 0 Å². The number of benzene rings is 1. The van der Waals surface area contributed by atoms with Crippen molar-refractivity contribution in [3.63, 3.8) is 0 Å². The Morgan fingerprint density at radius 3 is 2.53 bits per heavy atom. The van der Waals surface area contributed by atoms with Crippen LogP contribution in [0.15, 0.2) is 18.2 Å². The Hall–Kier alpha value is -1.04. The average Bonchev–Trinajstić information content (AvgIpc) is 2.82. The zero-order chi connectivity index (χ0) is 13.8. The number of aliphatic hydroxyl groups excluding tert-OH is 2. The molecule has 1 fully saturated rings. The summed E-state index contributed by atoms with van der Waals surface area (Å²) in [7, 11) is 0. The first kappa shape index (κ1) is 14.4. The molecule has 0 aromatic heterocycles. The molecule has 1 aromatic rings. The number of hydrogen-bond donors (Lipinski definition) is 2. The normalized spacial score (nSPS) is 21.8. The second-order valence-electron chi connectivity index (χ2n) is 5.15. The maximum absolute atomic E-state index is 13.0. The first-order valence-corrected chi connectivity index (χ1v) is 6.55. The maximum atomic E-state index is 13.0. The summed E-state index contributed by atoms with van der Waals surface area (Å²) >= 11 is 0. The smallest absolute Gasteiger partial charge is 0.126 e. The monoisotopic (exact) mass is 271 g/mol. The SMILES string of the molecule is OCC1CCN(CCC(O)c2cc(F)cc(F)c2)C1. The molecule has 19 heavy (non-hydrogen) atoms. The number of rotatable bonds is 5. The third-order valence-electron chi connectivity index (χ3n) is 3.62. The lowest BCUT2D eigenvalue weighted by atomic mass is 10.1. The molecule has 2 N–H and O–H groups in total. The Kier molecular flexibility index (Phi) is 4.85. The molecule has 5 heteroatoms. The standard InChI is InChI=1S/C14H19F2NO2/c15-12-5-11(6-13(16)7-12)14(19)2-4-17-3-1-10(8-17)9-18/h5-7,10,14,18-19H,1-4,8-9H2.